The summed E-state index contributed by atoms with van der Waals surface area (Å²) in [6, 6.07) is 13.8. The molecule has 34 heavy (non-hydrogen) atoms. The van der Waals surface area contributed by atoms with Gasteiger partial charge < -0.3 is 9.73 Å². The fourth-order valence-electron chi connectivity index (χ4n) is 4.28. The number of sulfonamides is 1. The van der Waals surface area contributed by atoms with Crippen LogP contribution in [0.15, 0.2) is 68.7 Å². The molecule has 3 heterocycles. The Morgan fingerprint density at radius 3 is 2.76 bits per heavy atom. The summed E-state index contributed by atoms with van der Waals surface area (Å²) in [5, 5.41) is 3.37. The molecule has 0 amide bonds. The lowest BCUT2D eigenvalue weighted by atomic mass is 9.92. The van der Waals surface area contributed by atoms with Gasteiger partial charge in [0, 0.05) is 12.6 Å². The lowest BCUT2D eigenvalue weighted by Crippen LogP contribution is -2.27. The number of nitrogens with zero attached hydrogens (tertiary/aromatic N) is 2. The van der Waals surface area contributed by atoms with Crippen LogP contribution in [0.4, 0.5) is 10.2 Å². The number of nitrogens with one attached hydrogen (secondary N) is 2. The maximum Gasteiger partial charge on any atom is 0.420 e. The second kappa shape index (κ2) is 9.21. The standard InChI is InChI=1S/C23H21FN4O4S.ClH/c1-14(17-5-2-4-15-10-11-25-13-18(15)17)28-19-9-8-16(12-20(19)32-23(28)29)33(30,31)27-22-7-3-6-21(24)26-22;/h2-9,12,14,25H,10-11,13H2,1H3,(H,26,27);1H. The number of rotatable bonds is 5. The first kappa shape index (κ1) is 23.9. The molecular weight excluding hydrogens is 483 g/mol. The van der Waals surface area contributed by atoms with Gasteiger partial charge >= 0.3 is 5.76 Å². The van der Waals surface area contributed by atoms with E-state index in [1.54, 1.807) is 0 Å². The van der Waals surface area contributed by atoms with E-state index >= 15 is 0 Å². The predicted molar refractivity (Wildman–Crippen MR) is 128 cm³/mol. The quantitative estimate of drug-likeness (QED) is 0.402. The molecule has 0 aliphatic carbocycles. The first-order chi connectivity index (χ1) is 15.8. The van der Waals surface area contributed by atoms with Gasteiger partial charge in [0.15, 0.2) is 5.58 Å². The number of fused-ring (bicyclic) bond motifs is 2. The Kier molecular flexibility index (Phi) is 6.48. The largest absolute Gasteiger partial charge is 0.420 e. The maximum absolute atomic E-state index is 13.3. The summed E-state index contributed by atoms with van der Waals surface area (Å²) in [6.45, 7) is 3.56. The van der Waals surface area contributed by atoms with Crippen molar-refractivity contribution in [1.29, 1.82) is 0 Å². The molecule has 2 N–H and O–H groups in total. The van der Waals surface area contributed by atoms with E-state index < -0.39 is 21.7 Å². The number of benzene rings is 2. The zero-order valence-electron chi connectivity index (χ0n) is 18.1. The SMILES string of the molecule is CC(c1cccc2c1CNCC2)n1c(=O)oc2cc(S(=O)(=O)Nc3cccc(F)n3)ccc21.Cl. The van der Waals surface area contributed by atoms with E-state index in [1.807, 2.05) is 19.1 Å². The van der Waals surface area contributed by atoms with E-state index in [4.69, 9.17) is 4.42 Å². The second-order valence-electron chi connectivity index (χ2n) is 7.91. The molecule has 1 unspecified atom stereocenters. The Bertz CT molecular complexity index is 1530. The van der Waals surface area contributed by atoms with Crippen molar-refractivity contribution in [1.82, 2.24) is 14.9 Å². The first-order valence-electron chi connectivity index (χ1n) is 10.5. The molecule has 0 saturated heterocycles. The summed E-state index contributed by atoms with van der Waals surface area (Å²) in [7, 11) is -4.07. The van der Waals surface area contributed by atoms with Gasteiger partial charge in [0.1, 0.15) is 5.82 Å². The lowest BCUT2D eigenvalue weighted by molar-refractivity contribution is 0.486. The summed E-state index contributed by atoms with van der Waals surface area (Å²) in [5.74, 6) is -1.53. The van der Waals surface area contributed by atoms with Gasteiger partial charge in [-0.3, -0.25) is 9.29 Å². The summed E-state index contributed by atoms with van der Waals surface area (Å²) in [6.07, 6.45) is 0.922. The number of aromatic nitrogens is 2. The van der Waals surface area contributed by atoms with Gasteiger partial charge in [0.25, 0.3) is 10.0 Å². The normalized spacial score (nSPS) is 14.3. The Morgan fingerprint density at radius 1 is 1.18 bits per heavy atom. The van der Waals surface area contributed by atoms with Crippen LogP contribution < -0.4 is 15.8 Å². The molecule has 178 valence electrons. The minimum absolute atomic E-state index is 0. The Labute approximate surface area is 201 Å². The van der Waals surface area contributed by atoms with Crippen LogP contribution in [-0.4, -0.2) is 24.5 Å². The monoisotopic (exact) mass is 504 g/mol. The molecule has 0 spiro atoms. The summed E-state index contributed by atoms with van der Waals surface area (Å²) in [4.78, 5) is 16.2. The molecule has 1 aliphatic rings. The zero-order valence-corrected chi connectivity index (χ0v) is 19.7. The average molecular weight is 505 g/mol. The molecule has 2 aromatic heterocycles. The third kappa shape index (κ3) is 4.31. The Morgan fingerprint density at radius 2 is 1.97 bits per heavy atom. The highest BCUT2D eigenvalue weighted by atomic mass is 35.5. The van der Waals surface area contributed by atoms with Crippen LogP contribution in [0.5, 0.6) is 0 Å². The molecule has 8 nitrogen and oxygen atoms in total. The van der Waals surface area contributed by atoms with Crippen LogP contribution in [0.25, 0.3) is 11.1 Å². The first-order valence-corrected chi connectivity index (χ1v) is 11.9. The third-order valence-corrected chi connectivity index (χ3v) is 7.22. The Hall–Kier alpha value is -3.21. The highest BCUT2D eigenvalue weighted by Gasteiger charge is 2.23. The van der Waals surface area contributed by atoms with E-state index in [0.29, 0.717) is 5.52 Å². The van der Waals surface area contributed by atoms with Crippen LogP contribution in [0.3, 0.4) is 0 Å². The molecule has 0 fully saturated rings. The Balaban J connectivity index is 0.00000274. The van der Waals surface area contributed by atoms with Crippen molar-refractivity contribution in [2.45, 2.75) is 30.8 Å². The van der Waals surface area contributed by atoms with Gasteiger partial charge in [0.2, 0.25) is 5.95 Å². The maximum atomic E-state index is 13.3. The van der Waals surface area contributed by atoms with E-state index in [2.05, 4.69) is 21.1 Å². The van der Waals surface area contributed by atoms with Crippen LogP contribution >= 0.6 is 12.4 Å². The van der Waals surface area contributed by atoms with Gasteiger partial charge in [-0.15, -0.1) is 12.4 Å². The van der Waals surface area contributed by atoms with E-state index in [0.717, 1.165) is 31.1 Å². The molecule has 0 bridgehead atoms. The zero-order chi connectivity index (χ0) is 23.2. The van der Waals surface area contributed by atoms with E-state index in [-0.39, 0.29) is 34.7 Å². The fourth-order valence-corrected chi connectivity index (χ4v) is 5.30. The summed E-state index contributed by atoms with van der Waals surface area (Å²) >= 11 is 0. The molecule has 11 heteroatoms. The fraction of sp³-hybridized carbons (Fsp3) is 0.217. The molecule has 1 atom stereocenters. The van der Waals surface area contributed by atoms with Gasteiger partial charge in [-0.1, -0.05) is 24.3 Å². The number of oxazole rings is 1. The summed E-state index contributed by atoms with van der Waals surface area (Å²) in [5.41, 5.74) is 4.06. The van der Waals surface area contributed by atoms with Gasteiger partial charge in [-0.25, -0.2) is 18.2 Å². The van der Waals surface area contributed by atoms with Gasteiger partial charge in [0.05, 0.1) is 16.5 Å². The van der Waals surface area contributed by atoms with Crippen LogP contribution in [0.2, 0.25) is 0 Å². The smallest absolute Gasteiger partial charge is 0.408 e. The minimum Gasteiger partial charge on any atom is -0.408 e. The highest BCUT2D eigenvalue weighted by Crippen LogP contribution is 2.29. The molecule has 0 saturated carbocycles. The van der Waals surface area contributed by atoms with Crippen molar-refractivity contribution >= 4 is 39.3 Å². The van der Waals surface area contributed by atoms with Gasteiger partial charge in [-0.05, 0) is 60.8 Å². The van der Waals surface area contributed by atoms with E-state index in [1.165, 1.54) is 46.0 Å². The topological polar surface area (TPSA) is 106 Å². The van der Waals surface area contributed by atoms with Crippen molar-refractivity contribution < 1.29 is 17.2 Å². The molecular formula is C23H22ClFN4O4S. The highest BCUT2D eigenvalue weighted by molar-refractivity contribution is 7.92. The molecule has 0 radical (unpaired) electrons. The third-order valence-electron chi connectivity index (χ3n) is 5.87. The van der Waals surface area contributed by atoms with Crippen molar-refractivity contribution in [3.05, 3.63) is 87.8 Å². The number of anilines is 1. The lowest BCUT2D eigenvalue weighted by Gasteiger charge is -2.24. The number of halogens is 2. The van der Waals surface area contributed by atoms with Crippen LogP contribution in [0, 0.1) is 5.95 Å². The molecule has 5 rings (SSSR count). The molecule has 1 aliphatic heterocycles. The van der Waals surface area contributed by atoms with Crippen molar-refractivity contribution in [3.63, 3.8) is 0 Å². The molecule has 2 aromatic carbocycles. The van der Waals surface area contributed by atoms with E-state index in [9.17, 15) is 17.6 Å². The van der Waals surface area contributed by atoms with Crippen molar-refractivity contribution in [2.75, 3.05) is 11.3 Å². The second-order valence-corrected chi connectivity index (χ2v) is 9.59. The number of pyridine rings is 1. The van der Waals surface area contributed by atoms with Crippen molar-refractivity contribution in [2.24, 2.45) is 0 Å². The summed E-state index contributed by atoms with van der Waals surface area (Å²) < 4.78 is 48.0. The minimum atomic E-state index is -4.07. The number of hydrogen-bond donors (Lipinski definition) is 2. The predicted octanol–water partition coefficient (Wildman–Crippen LogP) is 3.61. The number of hydrogen-bond acceptors (Lipinski definition) is 6. The van der Waals surface area contributed by atoms with Crippen LogP contribution in [-0.2, 0) is 23.0 Å². The van der Waals surface area contributed by atoms with Crippen molar-refractivity contribution in [3.8, 4) is 0 Å². The van der Waals surface area contributed by atoms with Gasteiger partial charge in [-0.2, -0.15) is 4.39 Å². The van der Waals surface area contributed by atoms with Crippen LogP contribution in [0.1, 0.15) is 29.7 Å². The molecule has 4 aromatic rings. The average Bonchev–Trinajstić information content (AvgIpc) is 3.13.